The number of benzene rings is 1. The average molecular weight is 350 g/mol. The van der Waals surface area contributed by atoms with Gasteiger partial charge in [0.05, 0.1) is 0 Å². The average Bonchev–Trinajstić information content (AvgIpc) is 3.10. The van der Waals surface area contributed by atoms with Gasteiger partial charge >= 0.3 is 6.36 Å². The zero-order chi connectivity index (χ0) is 17.0. The first-order valence-corrected chi connectivity index (χ1v) is 8.13. The zero-order valence-electron chi connectivity index (χ0n) is 11.9. The lowest BCUT2D eigenvalue weighted by molar-refractivity contribution is -0.274. The standard InChI is InChI=1S/C13H13F3N2O4S/c1-18-7-8-6-12(8,23(18,20)21)11(19)17-9-2-4-10(5-3-9)22-13(14,15)16/h2-5,8H,6-7H2,1H3,(H,17,19)/t8-,12-/m1/s1. The van der Waals surface area contributed by atoms with Gasteiger partial charge in [-0.3, -0.25) is 4.79 Å². The molecule has 1 N–H and O–H groups in total. The van der Waals surface area contributed by atoms with Gasteiger partial charge in [-0.05, 0) is 30.7 Å². The van der Waals surface area contributed by atoms with Crippen LogP contribution in [-0.2, 0) is 14.8 Å². The number of fused-ring (bicyclic) bond motifs is 1. The number of rotatable bonds is 3. The lowest BCUT2D eigenvalue weighted by Crippen LogP contribution is -2.40. The van der Waals surface area contributed by atoms with Crippen molar-refractivity contribution in [3.8, 4) is 5.75 Å². The number of anilines is 1. The predicted molar refractivity (Wildman–Crippen MR) is 74.1 cm³/mol. The van der Waals surface area contributed by atoms with Crippen LogP contribution in [0.4, 0.5) is 18.9 Å². The van der Waals surface area contributed by atoms with Crippen molar-refractivity contribution >= 4 is 21.6 Å². The maximum absolute atomic E-state index is 12.3. The highest BCUT2D eigenvalue weighted by Crippen LogP contribution is 2.57. The van der Waals surface area contributed by atoms with E-state index >= 15 is 0 Å². The molecule has 1 saturated heterocycles. The minimum atomic E-state index is -4.80. The molecule has 0 radical (unpaired) electrons. The van der Waals surface area contributed by atoms with Gasteiger partial charge in [0.15, 0.2) is 4.75 Å². The molecule has 1 aromatic carbocycles. The van der Waals surface area contributed by atoms with Gasteiger partial charge in [-0.2, -0.15) is 0 Å². The quantitative estimate of drug-likeness (QED) is 0.898. The van der Waals surface area contributed by atoms with Crippen LogP contribution in [0.15, 0.2) is 24.3 Å². The first-order chi connectivity index (χ1) is 10.6. The third kappa shape index (κ3) is 2.55. The topological polar surface area (TPSA) is 75.7 Å². The third-order valence-electron chi connectivity index (χ3n) is 4.13. The van der Waals surface area contributed by atoms with Gasteiger partial charge in [-0.1, -0.05) is 0 Å². The summed E-state index contributed by atoms with van der Waals surface area (Å²) < 4.78 is 64.1. The molecule has 1 saturated carbocycles. The lowest BCUT2D eigenvalue weighted by Gasteiger charge is -2.17. The van der Waals surface area contributed by atoms with Gasteiger partial charge in [-0.25, -0.2) is 12.7 Å². The number of carbonyl (C=O) groups is 1. The minimum absolute atomic E-state index is 0.203. The van der Waals surface area contributed by atoms with E-state index in [4.69, 9.17) is 0 Å². The second kappa shape index (κ2) is 4.84. The van der Waals surface area contributed by atoms with Crippen LogP contribution >= 0.6 is 0 Å². The molecule has 2 atom stereocenters. The van der Waals surface area contributed by atoms with Crippen LogP contribution in [0.25, 0.3) is 0 Å². The fourth-order valence-corrected chi connectivity index (χ4v) is 5.02. The molecule has 0 aromatic heterocycles. The smallest absolute Gasteiger partial charge is 0.406 e. The van der Waals surface area contributed by atoms with E-state index in [2.05, 4.69) is 10.1 Å². The molecule has 10 heteroatoms. The van der Waals surface area contributed by atoms with Crippen molar-refractivity contribution in [2.75, 3.05) is 18.9 Å². The number of ether oxygens (including phenoxy) is 1. The van der Waals surface area contributed by atoms with Crippen molar-refractivity contribution < 1.29 is 31.1 Å². The van der Waals surface area contributed by atoms with E-state index < -0.39 is 32.8 Å². The second-order valence-electron chi connectivity index (χ2n) is 5.60. The molecule has 126 valence electrons. The van der Waals surface area contributed by atoms with Gasteiger partial charge in [0.2, 0.25) is 15.9 Å². The van der Waals surface area contributed by atoms with Gasteiger partial charge in [-0.15, -0.1) is 13.2 Å². The Morgan fingerprint density at radius 3 is 2.43 bits per heavy atom. The van der Waals surface area contributed by atoms with Crippen molar-refractivity contribution in [3.63, 3.8) is 0 Å². The van der Waals surface area contributed by atoms with Gasteiger partial charge in [0.25, 0.3) is 0 Å². The van der Waals surface area contributed by atoms with Crippen LogP contribution in [0.5, 0.6) is 5.75 Å². The molecule has 2 aliphatic rings. The van der Waals surface area contributed by atoms with Crippen molar-refractivity contribution in [2.45, 2.75) is 17.5 Å². The molecule has 1 aliphatic carbocycles. The number of alkyl halides is 3. The highest BCUT2D eigenvalue weighted by atomic mass is 32.2. The van der Waals surface area contributed by atoms with Crippen LogP contribution in [0.2, 0.25) is 0 Å². The molecule has 1 amide bonds. The van der Waals surface area contributed by atoms with Crippen LogP contribution in [0.1, 0.15) is 6.42 Å². The van der Waals surface area contributed by atoms with E-state index in [1.807, 2.05) is 0 Å². The summed E-state index contributed by atoms with van der Waals surface area (Å²) in [7, 11) is -2.28. The Morgan fingerprint density at radius 2 is 1.96 bits per heavy atom. The predicted octanol–water partition coefficient (Wildman–Crippen LogP) is 1.56. The van der Waals surface area contributed by atoms with Gasteiger partial charge < -0.3 is 10.1 Å². The summed E-state index contributed by atoms with van der Waals surface area (Å²) in [5.74, 6) is -1.33. The van der Waals surface area contributed by atoms with E-state index in [1.54, 1.807) is 0 Å². The summed E-state index contributed by atoms with van der Waals surface area (Å²) >= 11 is 0. The summed E-state index contributed by atoms with van der Waals surface area (Å²) in [6.07, 6.45) is -4.53. The Hall–Kier alpha value is -1.81. The fourth-order valence-electron chi connectivity index (χ4n) is 2.89. The minimum Gasteiger partial charge on any atom is -0.406 e. The monoisotopic (exact) mass is 350 g/mol. The van der Waals surface area contributed by atoms with Crippen molar-refractivity contribution in [1.29, 1.82) is 0 Å². The van der Waals surface area contributed by atoms with Crippen molar-refractivity contribution in [3.05, 3.63) is 24.3 Å². The normalized spacial score (nSPS) is 29.0. The number of nitrogens with one attached hydrogen (secondary N) is 1. The Morgan fingerprint density at radius 1 is 1.35 bits per heavy atom. The number of halogens is 3. The highest BCUT2D eigenvalue weighted by molar-refractivity contribution is 7.92. The van der Waals surface area contributed by atoms with Gasteiger partial charge in [0.1, 0.15) is 5.75 Å². The fraction of sp³-hybridized carbons (Fsp3) is 0.462. The SMILES string of the molecule is CN1C[C@H]2C[C@@]2(C(=O)Nc2ccc(OC(F)(F)F)cc2)S1(=O)=O. The molecule has 23 heavy (non-hydrogen) atoms. The zero-order valence-corrected chi connectivity index (χ0v) is 12.7. The second-order valence-corrected chi connectivity index (χ2v) is 7.90. The molecule has 0 unspecified atom stereocenters. The molecule has 1 heterocycles. The van der Waals surface area contributed by atoms with Gasteiger partial charge in [0, 0.05) is 25.2 Å². The van der Waals surface area contributed by atoms with E-state index in [0.717, 1.165) is 16.4 Å². The number of carbonyl (C=O) groups excluding carboxylic acids is 1. The third-order valence-corrected chi connectivity index (χ3v) is 6.70. The Labute approximate surface area is 130 Å². The number of amides is 1. The largest absolute Gasteiger partial charge is 0.573 e. The van der Waals surface area contributed by atoms with Crippen molar-refractivity contribution in [2.24, 2.45) is 5.92 Å². The summed E-state index contributed by atoms with van der Waals surface area (Å²) in [6, 6.07) is 4.53. The first-order valence-electron chi connectivity index (χ1n) is 6.69. The molecule has 2 fully saturated rings. The van der Waals surface area contributed by atoms with E-state index in [0.29, 0.717) is 6.54 Å². The summed E-state index contributed by atoms with van der Waals surface area (Å²) in [5.41, 5.74) is 0.203. The summed E-state index contributed by atoms with van der Waals surface area (Å²) in [5, 5.41) is 2.45. The molecule has 0 bridgehead atoms. The van der Waals surface area contributed by atoms with Crippen LogP contribution in [0.3, 0.4) is 0 Å². The van der Waals surface area contributed by atoms with E-state index in [9.17, 15) is 26.4 Å². The molecule has 6 nitrogen and oxygen atoms in total. The molecular formula is C13H13F3N2O4S. The number of nitrogens with zero attached hydrogens (tertiary/aromatic N) is 1. The number of sulfonamides is 1. The number of hydrogen-bond donors (Lipinski definition) is 1. The molecule has 1 aliphatic heterocycles. The van der Waals surface area contributed by atoms with Crippen LogP contribution in [-0.4, -0.2) is 43.3 Å². The summed E-state index contributed by atoms with van der Waals surface area (Å²) in [4.78, 5) is 12.3. The Kier molecular flexibility index (Phi) is 3.38. The van der Waals surface area contributed by atoms with Crippen LogP contribution in [0, 0.1) is 5.92 Å². The lowest BCUT2D eigenvalue weighted by atomic mass is 10.2. The van der Waals surface area contributed by atoms with Crippen LogP contribution < -0.4 is 10.1 Å². The van der Waals surface area contributed by atoms with E-state index in [-0.39, 0.29) is 18.0 Å². The van der Waals surface area contributed by atoms with E-state index in [1.165, 1.54) is 19.2 Å². The first kappa shape index (κ1) is 16.1. The van der Waals surface area contributed by atoms with Crippen molar-refractivity contribution in [1.82, 2.24) is 4.31 Å². The maximum atomic E-state index is 12.3. The highest BCUT2D eigenvalue weighted by Gasteiger charge is 2.74. The Balaban J connectivity index is 1.73. The molecule has 3 rings (SSSR count). The molecule has 1 aromatic rings. The molecule has 0 spiro atoms. The maximum Gasteiger partial charge on any atom is 0.573 e. The summed E-state index contributed by atoms with van der Waals surface area (Å²) in [6.45, 7) is 0.300. The Bertz CT molecular complexity index is 747. The molecular weight excluding hydrogens is 337 g/mol. The number of hydrogen-bond acceptors (Lipinski definition) is 4.